The van der Waals surface area contributed by atoms with Crippen LogP contribution in [0.25, 0.3) is 0 Å². The fourth-order valence-electron chi connectivity index (χ4n) is 2.41. The van der Waals surface area contributed by atoms with Gasteiger partial charge in [-0.2, -0.15) is 0 Å². The van der Waals surface area contributed by atoms with Gasteiger partial charge in [-0.05, 0) is 49.3 Å². The second-order valence-corrected chi connectivity index (χ2v) is 5.57. The summed E-state index contributed by atoms with van der Waals surface area (Å²) in [5, 5.41) is 9.70. The van der Waals surface area contributed by atoms with Crippen molar-refractivity contribution in [3.63, 3.8) is 0 Å². The van der Waals surface area contributed by atoms with Gasteiger partial charge in [-0.15, -0.1) is 0 Å². The van der Waals surface area contributed by atoms with Crippen molar-refractivity contribution in [2.75, 3.05) is 0 Å². The molecule has 1 aromatic carbocycles. The molecular weight excluding hydrogens is 224 g/mol. The van der Waals surface area contributed by atoms with Crippen molar-refractivity contribution < 1.29 is 13.5 Å². The van der Waals surface area contributed by atoms with Gasteiger partial charge in [0, 0.05) is 5.56 Å². The molecule has 3 nitrogen and oxygen atoms in total. The SMILES string of the molecule is Cc1c(O)cc2c(c1[SH](=O)=O)CC(C)CC2. The Morgan fingerprint density at radius 2 is 2.12 bits per heavy atom. The van der Waals surface area contributed by atoms with Crippen LogP contribution in [0.15, 0.2) is 11.0 Å². The van der Waals surface area contributed by atoms with Crippen molar-refractivity contribution >= 4 is 10.7 Å². The molecule has 1 aliphatic carbocycles. The number of fused-ring (bicyclic) bond motifs is 1. The van der Waals surface area contributed by atoms with E-state index in [1.54, 1.807) is 13.0 Å². The number of phenolic OH excluding ortho intramolecular Hbond substituents is 1. The van der Waals surface area contributed by atoms with Crippen LogP contribution in [0.5, 0.6) is 5.75 Å². The van der Waals surface area contributed by atoms with Gasteiger partial charge >= 0.3 is 0 Å². The van der Waals surface area contributed by atoms with Gasteiger partial charge in [-0.3, -0.25) is 0 Å². The van der Waals surface area contributed by atoms with E-state index in [9.17, 15) is 13.5 Å². The minimum Gasteiger partial charge on any atom is -0.508 e. The van der Waals surface area contributed by atoms with Crippen molar-refractivity contribution in [2.24, 2.45) is 5.92 Å². The molecule has 0 aliphatic heterocycles. The Bertz CT molecular complexity index is 495. The van der Waals surface area contributed by atoms with Gasteiger partial charge in [0.15, 0.2) is 10.7 Å². The molecule has 1 aromatic rings. The van der Waals surface area contributed by atoms with Crippen molar-refractivity contribution in [3.8, 4) is 5.75 Å². The van der Waals surface area contributed by atoms with Crippen LogP contribution >= 0.6 is 0 Å². The van der Waals surface area contributed by atoms with E-state index < -0.39 is 10.7 Å². The summed E-state index contributed by atoms with van der Waals surface area (Å²) >= 11 is 0. The number of hydrogen-bond donors (Lipinski definition) is 2. The maximum absolute atomic E-state index is 11.3. The molecule has 16 heavy (non-hydrogen) atoms. The zero-order valence-corrected chi connectivity index (χ0v) is 10.4. The first kappa shape index (κ1) is 11.5. The van der Waals surface area contributed by atoms with E-state index in [0.29, 0.717) is 16.4 Å². The number of aromatic hydroxyl groups is 1. The van der Waals surface area contributed by atoms with E-state index in [1.165, 1.54) is 0 Å². The van der Waals surface area contributed by atoms with Crippen LogP contribution in [0.1, 0.15) is 30.0 Å². The molecule has 1 N–H and O–H groups in total. The lowest BCUT2D eigenvalue weighted by atomic mass is 9.84. The van der Waals surface area contributed by atoms with Crippen LogP contribution in [-0.2, 0) is 23.5 Å². The Morgan fingerprint density at radius 3 is 2.75 bits per heavy atom. The molecule has 0 bridgehead atoms. The molecule has 0 radical (unpaired) electrons. The van der Waals surface area contributed by atoms with Gasteiger partial charge in [0.2, 0.25) is 0 Å². The highest BCUT2D eigenvalue weighted by Crippen LogP contribution is 2.35. The molecule has 88 valence electrons. The lowest BCUT2D eigenvalue weighted by Gasteiger charge is -2.24. The Morgan fingerprint density at radius 1 is 1.44 bits per heavy atom. The lowest BCUT2D eigenvalue weighted by molar-refractivity contribution is 0.456. The molecule has 1 atom stereocenters. The number of aryl methyl sites for hydroxylation is 1. The van der Waals surface area contributed by atoms with E-state index in [1.807, 2.05) is 0 Å². The van der Waals surface area contributed by atoms with Gasteiger partial charge in [-0.1, -0.05) is 6.92 Å². The van der Waals surface area contributed by atoms with E-state index in [0.717, 1.165) is 30.4 Å². The first-order valence-corrected chi connectivity index (χ1v) is 6.67. The average Bonchev–Trinajstić information content (AvgIpc) is 2.20. The molecular formula is C12H16O3S. The Labute approximate surface area is 97.1 Å². The minimum absolute atomic E-state index is 0.0995. The number of hydrogen-bond acceptors (Lipinski definition) is 3. The molecule has 4 heteroatoms. The molecule has 0 spiro atoms. The molecule has 0 saturated carbocycles. The van der Waals surface area contributed by atoms with E-state index in [4.69, 9.17) is 0 Å². The predicted octanol–water partition coefficient (Wildman–Crippen LogP) is 1.80. The van der Waals surface area contributed by atoms with Gasteiger partial charge in [0.05, 0.1) is 4.90 Å². The largest absolute Gasteiger partial charge is 0.508 e. The normalized spacial score (nSPS) is 19.8. The highest BCUT2D eigenvalue weighted by Gasteiger charge is 2.22. The highest BCUT2D eigenvalue weighted by molar-refractivity contribution is 7.72. The van der Waals surface area contributed by atoms with Gasteiger partial charge in [-0.25, -0.2) is 8.42 Å². The summed E-state index contributed by atoms with van der Waals surface area (Å²) in [7, 11) is -2.63. The molecule has 1 unspecified atom stereocenters. The maximum Gasteiger partial charge on any atom is 0.168 e. The quantitative estimate of drug-likeness (QED) is 0.736. The second kappa shape index (κ2) is 4.09. The second-order valence-electron chi connectivity index (χ2n) is 4.61. The van der Waals surface area contributed by atoms with Crippen molar-refractivity contribution in [2.45, 2.75) is 38.0 Å². The van der Waals surface area contributed by atoms with E-state index in [-0.39, 0.29) is 5.75 Å². The van der Waals surface area contributed by atoms with Crippen LogP contribution in [0, 0.1) is 12.8 Å². The summed E-state index contributed by atoms with van der Waals surface area (Å²) in [6, 6.07) is 1.72. The first-order valence-electron chi connectivity index (χ1n) is 5.49. The number of thiol groups is 1. The van der Waals surface area contributed by atoms with Crippen LogP contribution < -0.4 is 0 Å². The monoisotopic (exact) mass is 240 g/mol. The number of benzene rings is 1. The zero-order chi connectivity index (χ0) is 11.9. The number of rotatable bonds is 1. The van der Waals surface area contributed by atoms with Crippen molar-refractivity contribution in [1.82, 2.24) is 0 Å². The molecule has 2 rings (SSSR count). The average molecular weight is 240 g/mol. The molecule has 0 saturated heterocycles. The highest BCUT2D eigenvalue weighted by atomic mass is 32.2. The summed E-state index contributed by atoms with van der Waals surface area (Å²) in [5.41, 5.74) is 2.41. The minimum atomic E-state index is -2.63. The van der Waals surface area contributed by atoms with Crippen LogP contribution in [0.2, 0.25) is 0 Å². The molecule has 0 fully saturated rings. The lowest BCUT2D eigenvalue weighted by Crippen LogP contribution is -2.14. The molecule has 1 aliphatic rings. The van der Waals surface area contributed by atoms with Crippen LogP contribution in [0.4, 0.5) is 0 Å². The Balaban J connectivity index is 2.70. The standard InChI is InChI=1S/C12H16O3S/c1-7-3-4-9-6-11(13)8(2)12(16(14)15)10(9)5-7/h6-7,13,16H,3-5H2,1-2H3. The van der Waals surface area contributed by atoms with Crippen molar-refractivity contribution in [1.29, 1.82) is 0 Å². The Hall–Kier alpha value is -1.03. The third-order valence-electron chi connectivity index (χ3n) is 3.37. The molecule has 0 aromatic heterocycles. The smallest absolute Gasteiger partial charge is 0.168 e. The summed E-state index contributed by atoms with van der Waals surface area (Å²) in [4.78, 5) is 0.344. The third-order valence-corrected chi connectivity index (χ3v) is 4.34. The topological polar surface area (TPSA) is 54.4 Å². The predicted molar refractivity (Wildman–Crippen MR) is 62.6 cm³/mol. The number of phenols is 1. The van der Waals surface area contributed by atoms with Gasteiger partial charge in [0.25, 0.3) is 0 Å². The molecule has 0 heterocycles. The Kier molecular flexibility index (Phi) is 2.93. The van der Waals surface area contributed by atoms with E-state index >= 15 is 0 Å². The van der Waals surface area contributed by atoms with Crippen molar-refractivity contribution in [3.05, 3.63) is 22.8 Å². The van der Waals surface area contributed by atoms with Crippen LogP contribution in [0.3, 0.4) is 0 Å². The first-order chi connectivity index (χ1) is 7.50. The molecule has 0 amide bonds. The summed E-state index contributed by atoms with van der Waals surface area (Å²) in [6.45, 7) is 3.79. The van der Waals surface area contributed by atoms with Gasteiger partial charge < -0.3 is 5.11 Å². The summed E-state index contributed by atoms with van der Waals surface area (Å²) in [5.74, 6) is 0.618. The van der Waals surface area contributed by atoms with E-state index in [2.05, 4.69) is 6.92 Å². The zero-order valence-electron chi connectivity index (χ0n) is 9.49. The summed E-state index contributed by atoms with van der Waals surface area (Å²) in [6.07, 6.45) is 2.72. The van der Waals surface area contributed by atoms with Crippen LogP contribution in [-0.4, -0.2) is 13.5 Å². The fourth-order valence-corrected chi connectivity index (χ4v) is 3.25. The summed E-state index contributed by atoms with van der Waals surface area (Å²) < 4.78 is 22.6. The fraction of sp³-hybridized carbons (Fsp3) is 0.500. The maximum atomic E-state index is 11.3. The third kappa shape index (κ3) is 1.82. The van der Waals surface area contributed by atoms with Gasteiger partial charge in [0.1, 0.15) is 5.75 Å².